The van der Waals surface area contributed by atoms with Gasteiger partial charge in [0.15, 0.2) is 0 Å². The van der Waals surface area contributed by atoms with Crippen LogP contribution in [-0.2, 0) is 53.6 Å². The van der Waals surface area contributed by atoms with E-state index in [-0.39, 0.29) is 42.7 Å². The second-order valence-electron chi connectivity index (χ2n) is 27.1. The molecule has 8 aromatic carbocycles. The molecular weight excluding hydrogens is 1190 g/mol. The van der Waals surface area contributed by atoms with Gasteiger partial charge in [0, 0.05) is 60.5 Å². The van der Waals surface area contributed by atoms with Crippen LogP contribution in [0.5, 0.6) is 11.5 Å². The fraction of sp³-hybridized carbons (Fsp3) is 0.273. The molecular formula is C77H78N4OPt-2. The summed E-state index contributed by atoms with van der Waals surface area (Å²) in [5.41, 5.74) is 14.9. The van der Waals surface area contributed by atoms with Gasteiger partial charge in [-0.15, -0.1) is 29.7 Å². The normalized spacial score (nSPS) is 12.7. The first-order valence-corrected chi connectivity index (χ1v) is 29.0. The van der Waals surface area contributed by atoms with Crippen molar-refractivity contribution in [3.05, 3.63) is 269 Å². The minimum atomic E-state index is -0.560. The summed E-state index contributed by atoms with van der Waals surface area (Å²) in [6.45, 7) is 34.6. The molecule has 3 aromatic heterocycles. The number of hydrogen-bond donors (Lipinski definition) is 0. The summed E-state index contributed by atoms with van der Waals surface area (Å²) >= 11 is 0. The van der Waals surface area contributed by atoms with E-state index >= 15 is 0 Å². The van der Waals surface area contributed by atoms with Crippen molar-refractivity contribution in [3.63, 3.8) is 0 Å². The smallest absolute Gasteiger partial charge is 0.267 e. The van der Waals surface area contributed by atoms with Crippen molar-refractivity contribution < 1.29 is 30.4 Å². The van der Waals surface area contributed by atoms with Crippen molar-refractivity contribution in [2.24, 2.45) is 0 Å². The number of rotatable bonds is 12. The summed E-state index contributed by atoms with van der Waals surface area (Å²) in [7, 11) is 0. The van der Waals surface area contributed by atoms with Gasteiger partial charge in [-0.25, -0.2) is 4.98 Å². The molecule has 83 heavy (non-hydrogen) atoms. The van der Waals surface area contributed by atoms with Crippen LogP contribution in [-0.4, -0.2) is 14.1 Å². The molecule has 11 aromatic rings. The van der Waals surface area contributed by atoms with Gasteiger partial charge in [0.05, 0.1) is 17.1 Å². The molecule has 11 rings (SSSR count). The Morgan fingerprint density at radius 1 is 0.422 bits per heavy atom. The van der Waals surface area contributed by atoms with Crippen LogP contribution in [0, 0.1) is 18.5 Å². The number of imidazole rings is 1. The van der Waals surface area contributed by atoms with Gasteiger partial charge in [-0.2, -0.15) is 17.7 Å². The summed E-state index contributed by atoms with van der Waals surface area (Å²) in [6, 6.07) is 78.0. The van der Waals surface area contributed by atoms with E-state index in [2.05, 4.69) is 330 Å². The zero-order valence-electron chi connectivity index (χ0n) is 51.1. The van der Waals surface area contributed by atoms with E-state index in [1.165, 1.54) is 38.9 Å². The van der Waals surface area contributed by atoms with Crippen molar-refractivity contribution in [3.8, 4) is 39.8 Å². The average Bonchev–Trinajstić information content (AvgIpc) is 1.93. The maximum absolute atomic E-state index is 7.18. The Morgan fingerprint density at radius 3 is 1.55 bits per heavy atom. The number of nitrogens with zero attached hydrogens (tertiary/aromatic N) is 4. The molecule has 0 amide bonds. The summed E-state index contributed by atoms with van der Waals surface area (Å²) in [5, 5.41) is 2.18. The van der Waals surface area contributed by atoms with Crippen LogP contribution in [0.1, 0.15) is 154 Å². The summed E-state index contributed by atoms with van der Waals surface area (Å²) in [6.07, 6.45) is 6.05. The number of pyridine rings is 1. The Bertz CT molecular complexity index is 4130. The molecule has 3 heterocycles. The van der Waals surface area contributed by atoms with Crippen molar-refractivity contribution in [1.29, 1.82) is 0 Å². The van der Waals surface area contributed by atoms with Crippen molar-refractivity contribution >= 4 is 21.8 Å². The first-order chi connectivity index (χ1) is 38.8. The topological polar surface area (TPSA) is 35.9 Å². The Morgan fingerprint density at radius 2 is 0.964 bits per heavy atom. The molecule has 0 saturated heterocycles. The largest absolute Gasteiger partial charge is 0.510 e. The number of benzene rings is 8. The molecule has 0 N–H and O–H groups in total. The molecule has 0 aliphatic carbocycles. The second kappa shape index (κ2) is 21.9. The van der Waals surface area contributed by atoms with E-state index < -0.39 is 10.8 Å². The predicted molar refractivity (Wildman–Crippen MR) is 340 cm³/mol. The van der Waals surface area contributed by atoms with E-state index in [1.54, 1.807) is 0 Å². The molecule has 0 fully saturated rings. The van der Waals surface area contributed by atoms with Gasteiger partial charge >= 0.3 is 0 Å². The molecule has 0 atom stereocenters. The minimum absolute atomic E-state index is 0. The molecule has 5 nitrogen and oxygen atoms in total. The molecule has 6 heteroatoms. The van der Waals surface area contributed by atoms with Crippen molar-refractivity contribution in [2.45, 2.75) is 136 Å². The predicted octanol–water partition coefficient (Wildman–Crippen LogP) is 19.0. The maximum Gasteiger partial charge on any atom is 0.267 e. The molecule has 424 valence electrons. The summed E-state index contributed by atoms with van der Waals surface area (Å²) in [5.74, 6) is 2.00. The van der Waals surface area contributed by atoms with Crippen LogP contribution in [0.25, 0.3) is 50.1 Å². The molecule has 0 saturated carbocycles. The fourth-order valence-electron chi connectivity index (χ4n) is 11.8. The summed E-state index contributed by atoms with van der Waals surface area (Å²) in [4.78, 5) is 5.03. The van der Waals surface area contributed by atoms with E-state index in [4.69, 9.17) is 9.72 Å². The zero-order valence-corrected chi connectivity index (χ0v) is 53.3. The first-order valence-electron chi connectivity index (χ1n) is 29.0. The quantitative estimate of drug-likeness (QED) is 0.0903. The molecule has 0 bridgehead atoms. The molecule has 0 unspecified atom stereocenters. The second-order valence-corrected chi connectivity index (χ2v) is 27.1. The number of aromatic nitrogens is 4. The Hall–Kier alpha value is -7.59. The molecule has 0 aliphatic heterocycles. The maximum atomic E-state index is 7.18. The Kier molecular flexibility index (Phi) is 15.4. The standard InChI is InChI=1S/C77H78N4O.Pt/c1-72(2,3)57-40-41-78-69(48-57)81-67-39-36-53(52-28-20-16-21-29-52)42-66(67)65-38-37-63(50-68(65)81)82-64-47-59(74(7,8)9)45-62(49-64)80-51-79(61-44-58(73(4,5)6)43-60(46-61)75(10,11)54-30-22-17-23-31-54)70(76(12,13)55-32-24-18-25-33-55)71(80)77(14,15)56-34-26-19-27-35-56;/h16-48H,1-15H3;/q-2;. The van der Waals surface area contributed by atoms with Gasteiger partial charge in [-0.3, -0.25) is 4.57 Å². The molecule has 0 spiro atoms. The van der Waals surface area contributed by atoms with E-state index in [1.807, 2.05) is 6.20 Å². The van der Waals surface area contributed by atoms with Crippen LogP contribution in [0.2, 0.25) is 0 Å². The average molecular weight is 1270 g/mol. The van der Waals surface area contributed by atoms with Gasteiger partial charge in [-0.1, -0.05) is 249 Å². The van der Waals surface area contributed by atoms with Gasteiger partial charge in [0.2, 0.25) is 0 Å². The van der Waals surface area contributed by atoms with Crippen molar-refractivity contribution in [1.82, 2.24) is 14.1 Å². The SMILES string of the molecule is CC(C)(C)c1cc(Oc2[c-]c3c(cc2)c2cc(-c4ccccc4)ccc2n3-c2cc(C(C)(C)C)ccn2)[c-]c(-n2[c-][n+](-c3cc(C(C)(C)C)cc(C(C)(C)c4ccccc4)c3)c(C(C)(C)c3ccccc3)c2C(C)(C)c2ccccc2)c1.[Pt]. The van der Waals surface area contributed by atoms with Crippen molar-refractivity contribution in [2.75, 3.05) is 0 Å². The first kappa shape index (κ1) is 58.6. The Labute approximate surface area is 508 Å². The number of ether oxygens (including phenoxy) is 1. The molecule has 0 radical (unpaired) electrons. The van der Waals surface area contributed by atoms with E-state index in [0.717, 1.165) is 61.5 Å². The van der Waals surface area contributed by atoms with Crippen LogP contribution >= 0.6 is 0 Å². The van der Waals surface area contributed by atoms with Gasteiger partial charge < -0.3 is 13.9 Å². The third-order valence-corrected chi connectivity index (χ3v) is 17.1. The van der Waals surface area contributed by atoms with E-state index in [9.17, 15) is 0 Å². The summed E-state index contributed by atoms with van der Waals surface area (Å²) < 4.78 is 14.1. The van der Waals surface area contributed by atoms with Crippen LogP contribution in [0.4, 0.5) is 0 Å². The van der Waals surface area contributed by atoms with Crippen LogP contribution in [0.3, 0.4) is 0 Å². The van der Waals surface area contributed by atoms with E-state index in [0.29, 0.717) is 11.5 Å². The monoisotopic (exact) mass is 1270 g/mol. The molecule has 0 aliphatic rings. The zero-order chi connectivity index (χ0) is 58.1. The Balaban J connectivity index is 0.00000769. The van der Waals surface area contributed by atoms with Crippen LogP contribution in [0.15, 0.2) is 200 Å². The third kappa shape index (κ3) is 11.2. The number of fused-ring (bicyclic) bond motifs is 3. The van der Waals surface area contributed by atoms with Gasteiger partial charge in [-0.05, 0) is 102 Å². The fourth-order valence-corrected chi connectivity index (χ4v) is 11.8. The minimum Gasteiger partial charge on any atom is -0.510 e. The number of hydrogen-bond acceptors (Lipinski definition) is 2. The van der Waals surface area contributed by atoms with Gasteiger partial charge in [0.1, 0.15) is 5.82 Å². The van der Waals surface area contributed by atoms with Gasteiger partial charge in [0.25, 0.3) is 6.33 Å². The van der Waals surface area contributed by atoms with Crippen LogP contribution < -0.4 is 9.30 Å². The third-order valence-electron chi connectivity index (χ3n) is 17.1.